The third-order valence-electron chi connectivity index (χ3n) is 4.66. The van der Waals surface area contributed by atoms with Crippen LogP contribution in [0.5, 0.6) is 0 Å². The Hall–Kier alpha value is -1.63. The molecule has 2 fully saturated rings. The molecular formula is C16H17Cl2N3O3. The molecule has 1 unspecified atom stereocenters. The van der Waals surface area contributed by atoms with Crippen LogP contribution in [0.4, 0.5) is 5.69 Å². The summed E-state index contributed by atoms with van der Waals surface area (Å²) in [7, 11) is 0. The highest BCUT2D eigenvalue weighted by Crippen LogP contribution is 2.32. The number of carbonyl (C=O) groups excluding carboxylic acids is 3. The molecule has 2 saturated heterocycles. The third kappa shape index (κ3) is 3.14. The van der Waals surface area contributed by atoms with Crippen molar-refractivity contribution < 1.29 is 14.4 Å². The molecule has 2 aliphatic rings. The summed E-state index contributed by atoms with van der Waals surface area (Å²) in [5, 5.41) is 0.657. The van der Waals surface area contributed by atoms with Gasteiger partial charge < -0.3 is 5.73 Å². The van der Waals surface area contributed by atoms with Gasteiger partial charge in [-0.2, -0.15) is 0 Å². The zero-order chi connectivity index (χ0) is 17.4. The number of likely N-dealkylation sites (tertiary alicyclic amines) is 1. The number of imide groups is 1. The highest BCUT2D eigenvalue weighted by molar-refractivity contribution is 6.42. The summed E-state index contributed by atoms with van der Waals surface area (Å²) in [4.78, 5) is 39.4. The fraction of sp³-hybridized carbons (Fsp3) is 0.438. The van der Waals surface area contributed by atoms with Crippen molar-refractivity contribution in [1.82, 2.24) is 4.90 Å². The Morgan fingerprint density at radius 3 is 2.38 bits per heavy atom. The quantitative estimate of drug-likeness (QED) is 0.823. The van der Waals surface area contributed by atoms with Gasteiger partial charge in [-0.05, 0) is 44.1 Å². The molecule has 0 bridgehead atoms. The molecule has 0 aromatic heterocycles. The first-order chi connectivity index (χ1) is 11.4. The van der Waals surface area contributed by atoms with Crippen molar-refractivity contribution >= 4 is 46.6 Å². The molecule has 3 amide bonds. The Bertz CT molecular complexity index is 702. The van der Waals surface area contributed by atoms with Crippen LogP contribution in [0.25, 0.3) is 0 Å². The number of anilines is 1. The molecule has 1 aromatic rings. The minimum Gasteiger partial charge on any atom is -0.369 e. The number of halogens is 2. The summed E-state index contributed by atoms with van der Waals surface area (Å²) in [6.07, 6.45) is 1.35. The second kappa shape index (κ2) is 6.70. The molecule has 0 radical (unpaired) electrons. The Labute approximate surface area is 149 Å². The van der Waals surface area contributed by atoms with Crippen LogP contribution in [0.1, 0.15) is 19.3 Å². The maximum Gasteiger partial charge on any atom is 0.251 e. The van der Waals surface area contributed by atoms with Crippen molar-refractivity contribution in [3.63, 3.8) is 0 Å². The molecule has 0 spiro atoms. The van der Waals surface area contributed by atoms with Gasteiger partial charge in [-0.3, -0.25) is 19.3 Å². The lowest BCUT2D eigenvalue weighted by Gasteiger charge is -2.33. The highest BCUT2D eigenvalue weighted by atomic mass is 35.5. The van der Waals surface area contributed by atoms with E-state index in [9.17, 15) is 14.4 Å². The zero-order valence-electron chi connectivity index (χ0n) is 12.9. The molecule has 0 aliphatic carbocycles. The van der Waals surface area contributed by atoms with Gasteiger partial charge in [0.15, 0.2) is 0 Å². The number of nitrogens with two attached hydrogens (primary N) is 1. The SMILES string of the molecule is NC(=O)C1CCN(C2CC(=O)N(c3ccc(Cl)c(Cl)c3)C2=O)CC1. The number of hydrogen-bond donors (Lipinski definition) is 1. The smallest absolute Gasteiger partial charge is 0.251 e. The molecule has 2 aliphatic heterocycles. The molecule has 1 atom stereocenters. The van der Waals surface area contributed by atoms with Gasteiger partial charge in [-0.25, -0.2) is 4.90 Å². The highest BCUT2D eigenvalue weighted by Gasteiger charge is 2.43. The Morgan fingerprint density at radius 2 is 1.79 bits per heavy atom. The number of carbonyl (C=O) groups is 3. The van der Waals surface area contributed by atoms with Crippen LogP contribution in [0.15, 0.2) is 18.2 Å². The first-order valence-corrected chi connectivity index (χ1v) is 8.49. The van der Waals surface area contributed by atoms with E-state index in [-0.39, 0.29) is 30.1 Å². The normalized spacial score (nSPS) is 23.1. The van der Waals surface area contributed by atoms with Gasteiger partial charge in [0, 0.05) is 5.92 Å². The topological polar surface area (TPSA) is 83.7 Å². The summed E-state index contributed by atoms with van der Waals surface area (Å²) < 4.78 is 0. The van der Waals surface area contributed by atoms with Crippen LogP contribution in [-0.4, -0.2) is 41.8 Å². The van der Waals surface area contributed by atoms with Crippen LogP contribution in [0, 0.1) is 5.92 Å². The van der Waals surface area contributed by atoms with Gasteiger partial charge in [0.25, 0.3) is 5.91 Å². The number of amides is 3. The van der Waals surface area contributed by atoms with Crippen LogP contribution in [0.2, 0.25) is 10.0 Å². The first-order valence-electron chi connectivity index (χ1n) is 7.73. The molecule has 128 valence electrons. The fourth-order valence-corrected chi connectivity index (χ4v) is 3.58. The van der Waals surface area contributed by atoms with Gasteiger partial charge in [-0.15, -0.1) is 0 Å². The first kappa shape index (κ1) is 17.2. The number of hydrogen-bond acceptors (Lipinski definition) is 4. The molecule has 0 saturated carbocycles. The fourth-order valence-electron chi connectivity index (χ4n) is 3.29. The molecule has 3 rings (SSSR count). The second-order valence-corrected chi connectivity index (χ2v) is 6.91. The van der Waals surface area contributed by atoms with Crippen LogP contribution in [-0.2, 0) is 14.4 Å². The predicted molar refractivity (Wildman–Crippen MR) is 90.9 cm³/mol. The number of rotatable bonds is 3. The van der Waals surface area contributed by atoms with E-state index in [1.54, 1.807) is 12.1 Å². The standard InChI is InChI=1S/C16H17Cl2N3O3/c17-11-2-1-10(7-12(11)18)21-14(22)8-13(16(21)24)20-5-3-9(4-6-20)15(19)23/h1-2,7,9,13H,3-6,8H2,(H2,19,23). The van der Waals surface area contributed by atoms with Crippen molar-refractivity contribution in [3.05, 3.63) is 28.2 Å². The van der Waals surface area contributed by atoms with E-state index in [2.05, 4.69) is 0 Å². The molecule has 1 aromatic carbocycles. The largest absolute Gasteiger partial charge is 0.369 e. The minimum atomic E-state index is -0.499. The zero-order valence-corrected chi connectivity index (χ0v) is 14.4. The number of benzene rings is 1. The Morgan fingerprint density at radius 1 is 1.12 bits per heavy atom. The van der Waals surface area contributed by atoms with Gasteiger partial charge >= 0.3 is 0 Å². The van der Waals surface area contributed by atoms with Gasteiger partial charge in [0.05, 0.1) is 28.2 Å². The predicted octanol–water partition coefficient (Wildman–Crippen LogP) is 1.82. The average Bonchev–Trinajstić information content (AvgIpc) is 2.85. The van der Waals surface area contributed by atoms with E-state index in [0.717, 1.165) is 4.90 Å². The van der Waals surface area contributed by atoms with Crippen molar-refractivity contribution in [2.24, 2.45) is 11.7 Å². The lowest BCUT2D eigenvalue weighted by atomic mass is 9.95. The maximum atomic E-state index is 12.7. The van der Waals surface area contributed by atoms with Crippen molar-refractivity contribution in [3.8, 4) is 0 Å². The van der Waals surface area contributed by atoms with Crippen molar-refractivity contribution in [1.29, 1.82) is 0 Å². The summed E-state index contributed by atoms with van der Waals surface area (Å²) in [6.45, 7) is 1.15. The second-order valence-electron chi connectivity index (χ2n) is 6.10. The number of nitrogens with zero attached hydrogens (tertiary/aromatic N) is 2. The molecule has 24 heavy (non-hydrogen) atoms. The van der Waals surface area contributed by atoms with E-state index in [1.165, 1.54) is 6.07 Å². The van der Waals surface area contributed by atoms with Gasteiger partial charge in [0.2, 0.25) is 11.8 Å². The van der Waals surface area contributed by atoms with E-state index >= 15 is 0 Å². The van der Waals surface area contributed by atoms with E-state index < -0.39 is 6.04 Å². The van der Waals surface area contributed by atoms with Crippen molar-refractivity contribution in [2.45, 2.75) is 25.3 Å². The Kier molecular flexibility index (Phi) is 4.80. The summed E-state index contributed by atoms with van der Waals surface area (Å²) >= 11 is 11.9. The Balaban J connectivity index is 1.75. The lowest BCUT2D eigenvalue weighted by molar-refractivity contribution is -0.124. The third-order valence-corrected chi connectivity index (χ3v) is 5.40. The number of piperidine rings is 1. The molecule has 2 heterocycles. The maximum absolute atomic E-state index is 12.7. The van der Waals surface area contributed by atoms with Crippen LogP contribution in [0.3, 0.4) is 0 Å². The van der Waals surface area contributed by atoms with Crippen LogP contribution < -0.4 is 10.6 Å². The average molecular weight is 370 g/mol. The molecular weight excluding hydrogens is 353 g/mol. The summed E-state index contributed by atoms with van der Waals surface area (Å²) in [6, 6.07) is 4.18. The molecule has 8 heteroatoms. The van der Waals surface area contributed by atoms with Gasteiger partial charge in [-0.1, -0.05) is 23.2 Å². The number of primary amides is 1. The van der Waals surface area contributed by atoms with Gasteiger partial charge in [0.1, 0.15) is 0 Å². The van der Waals surface area contributed by atoms with Crippen molar-refractivity contribution in [2.75, 3.05) is 18.0 Å². The minimum absolute atomic E-state index is 0.125. The lowest BCUT2D eigenvalue weighted by Crippen LogP contribution is -2.47. The van der Waals surface area contributed by atoms with Crippen LogP contribution >= 0.6 is 23.2 Å². The summed E-state index contributed by atoms with van der Waals surface area (Å²) in [5.41, 5.74) is 5.75. The monoisotopic (exact) mass is 369 g/mol. The van der Waals surface area contributed by atoms with E-state index in [4.69, 9.17) is 28.9 Å². The molecule has 2 N–H and O–H groups in total. The molecule has 6 nitrogen and oxygen atoms in total. The summed E-state index contributed by atoms with van der Waals surface area (Å²) in [5.74, 6) is -0.989. The van der Waals surface area contributed by atoms with E-state index in [1.807, 2.05) is 4.90 Å². The van der Waals surface area contributed by atoms with E-state index in [0.29, 0.717) is 41.7 Å².